The Bertz CT molecular complexity index is 699. The molecule has 0 aliphatic carbocycles. The highest BCUT2D eigenvalue weighted by Crippen LogP contribution is 2.14. The zero-order valence-electron chi connectivity index (χ0n) is 14.2. The highest BCUT2D eigenvalue weighted by atomic mass is 16.5. The van der Waals surface area contributed by atoms with E-state index in [0.717, 1.165) is 11.3 Å². The first-order valence-corrected chi connectivity index (χ1v) is 7.76. The summed E-state index contributed by atoms with van der Waals surface area (Å²) >= 11 is 0. The third-order valence-electron chi connectivity index (χ3n) is 3.61. The number of nitrogens with zero attached hydrogens (tertiary/aromatic N) is 1. The lowest BCUT2D eigenvalue weighted by Crippen LogP contribution is -2.31. The number of benzene rings is 2. The summed E-state index contributed by atoms with van der Waals surface area (Å²) < 4.78 is 5.09. The quantitative estimate of drug-likeness (QED) is 0.829. The average molecular weight is 326 g/mol. The number of amides is 1. The van der Waals surface area contributed by atoms with Gasteiger partial charge in [0.15, 0.2) is 6.61 Å². The van der Waals surface area contributed by atoms with Gasteiger partial charge in [0.05, 0.1) is 11.6 Å². The summed E-state index contributed by atoms with van der Waals surface area (Å²) in [5, 5.41) is 2.81. The minimum absolute atomic E-state index is 0.144. The van der Waals surface area contributed by atoms with E-state index in [1.54, 1.807) is 18.2 Å². The fourth-order valence-electron chi connectivity index (χ4n) is 2.23. The van der Waals surface area contributed by atoms with E-state index in [-0.39, 0.29) is 18.6 Å². The number of nitrogens with one attached hydrogen (secondary N) is 1. The Balaban J connectivity index is 1.87. The van der Waals surface area contributed by atoms with E-state index < -0.39 is 5.97 Å². The third kappa shape index (κ3) is 4.84. The molecule has 0 bridgehead atoms. The normalized spacial score (nSPS) is 11.5. The highest BCUT2D eigenvalue weighted by Gasteiger charge is 2.13. The number of hydrogen-bond acceptors (Lipinski definition) is 4. The maximum absolute atomic E-state index is 12.1. The van der Waals surface area contributed by atoms with Crippen molar-refractivity contribution in [2.45, 2.75) is 13.0 Å². The molecule has 1 unspecified atom stereocenters. The van der Waals surface area contributed by atoms with Gasteiger partial charge < -0.3 is 15.0 Å². The van der Waals surface area contributed by atoms with Crippen LogP contribution >= 0.6 is 0 Å². The zero-order valence-corrected chi connectivity index (χ0v) is 14.2. The van der Waals surface area contributed by atoms with Crippen LogP contribution in [0.5, 0.6) is 0 Å². The first-order valence-electron chi connectivity index (χ1n) is 7.76. The summed E-state index contributed by atoms with van der Waals surface area (Å²) in [6.45, 7) is 1.58. The molecule has 2 aromatic carbocycles. The van der Waals surface area contributed by atoms with Crippen molar-refractivity contribution < 1.29 is 14.3 Å². The number of carbonyl (C=O) groups excluding carboxylic acids is 2. The number of carbonyl (C=O) groups is 2. The van der Waals surface area contributed by atoms with Crippen molar-refractivity contribution in [3.63, 3.8) is 0 Å². The Kier molecular flexibility index (Phi) is 5.95. The molecule has 0 aliphatic rings. The maximum atomic E-state index is 12.1. The summed E-state index contributed by atoms with van der Waals surface area (Å²) in [5.41, 5.74) is 2.31. The van der Waals surface area contributed by atoms with Gasteiger partial charge in [-0.1, -0.05) is 36.4 Å². The van der Waals surface area contributed by atoms with Crippen molar-refractivity contribution in [3.8, 4) is 0 Å². The Morgan fingerprint density at radius 1 is 1.08 bits per heavy atom. The Hall–Kier alpha value is -2.82. The summed E-state index contributed by atoms with van der Waals surface area (Å²) in [7, 11) is 3.78. The van der Waals surface area contributed by atoms with Gasteiger partial charge in [0, 0.05) is 19.8 Å². The number of anilines is 1. The zero-order chi connectivity index (χ0) is 17.5. The second-order valence-corrected chi connectivity index (χ2v) is 5.72. The summed E-state index contributed by atoms with van der Waals surface area (Å²) in [4.78, 5) is 25.9. The molecule has 0 saturated heterocycles. The first-order chi connectivity index (χ1) is 11.5. The summed E-state index contributed by atoms with van der Waals surface area (Å²) in [6, 6.07) is 16.5. The Morgan fingerprint density at radius 2 is 1.79 bits per heavy atom. The number of esters is 1. The molecule has 0 spiro atoms. The van der Waals surface area contributed by atoms with Gasteiger partial charge in [0.25, 0.3) is 5.91 Å². The minimum Gasteiger partial charge on any atom is -0.452 e. The Morgan fingerprint density at radius 3 is 2.46 bits per heavy atom. The molecule has 24 heavy (non-hydrogen) atoms. The number of hydrogen-bond donors (Lipinski definition) is 1. The molecule has 126 valence electrons. The van der Waals surface area contributed by atoms with Gasteiger partial charge in [-0.3, -0.25) is 4.79 Å². The lowest BCUT2D eigenvalue weighted by Gasteiger charge is -2.15. The molecule has 0 radical (unpaired) electrons. The smallest absolute Gasteiger partial charge is 0.338 e. The largest absolute Gasteiger partial charge is 0.452 e. The molecule has 1 atom stereocenters. The number of ether oxygens (including phenoxy) is 1. The molecular formula is C19H22N2O3. The van der Waals surface area contributed by atoms with Crippen molar-refractivity contribution in [3.05, 3.63) is 65.7 Å². The molecule has 0 fully saturated rings. The van der Waals surface area contributed by atoms with E-state index in [1.807, 2.05) is 62.3 Å². The fraction of sp³-hybridized carbons (Fsp3) is 0.263. The molecule has 0 aliphatic heterocycles. The molecular weight excluding hydrogens is 304 g/mol. The van der Waals surface area contributed by atoms with Crippen molar-refractivity contribution in [1.29, 1.82) is 0 Å². The molecule has 0 saturated carbocycles. The second-order valence-electron chi connectivity index (χ2n) is 5.72. The van der Waals surface area contributed by atoms with Gasteiger partial charge >= 0.3 is 5.97 Å². The highest BCUT2D eigenvalue weighted by molar-refractivity contribution is 5.92. The van der Waals surface area contributed by atoms with Crippen LogP contribution < -0.4 is 10.2 Å². The molecule has 2 rings (SSSR count). The SMILES string of the molecule is CC(NC(=O)COC(=O)c1cccc(N(C)C)c1)c1ccccc1. The second kappa shape index (κ2) is 8.15. The van der Waals surface area contributed by atoms with Gasteiger partial charge in [0.2, 0.25) is 0 Å². The van der Waals surface area contributed by atoms with Crippen molar-refractivity contribution in [2.24, 2.45) is 0 Å². The van der Waals surface area contributed by atoms with Crippen LogP contribution in [-0.4, -0.2) is 32.6 Å². The van der Waals surface area contributed by atoms with Crippen molar-refractivity contribution >= 4 is 17.6 Å². The van der Waals surface area contributed by atoms with Crippen molar-refractivity contribution in [1.82, 2.24) is 5.32 Å². The molecule has 5 heteroatoms. The van der Waals surface area contributed by atoms with Gasteiger partial charge in [-0.2, -0.15) is 0 Å². The topological polar surface area (TPSA) is 58.6 Å². The summed E-state index contributed by atoms with van der Waals surface area (Å²) in [6.07, 6.45) is 0. The molecule has 0 aromatic heterocycles. The van der Waals surface area contributed by atoms with Crippen LogP contribution in [-0.2, 0) is 9.53 Å². The first kappa shape index (κ1) is 17.5. The third-order valence-corrected chi connectivity index (χ3v) is 3.61. The Labute approximate surface area is 142 Å². The van der Waals surface area contributed by atoms with E-state index in [0.29, 0.717) is 5.56 Å². The molecule has 1 amide bonds. The average Bonchev–Trinajstić information content (AvgIpc) is 2.60. The van der Waals surface area contributed by atoms with E-state index in [9.17, 15) is 9.59 Å². The molecule has 5 nitrogen and oxygen atoms in total. The molecule has 1 N–H and O–H groups in total. The maximum Gasteiger partial charge on any atom is 0.338 e. The van der Waals surface area contributed by atoms with E-state index >= 15 is 0 Å². The molecule has 2 aromatic rings. The monoisotopic (exact) mass is 326 g/mol. The van der Waals surface area contributed by atoms with Crippen LogP contribution in [0.3, 0.4) is 0 Å². The minimum atomic E-state index is -0.513. The number of rotatable bonds is 6. The predicted molar refractivity (Wildman–Crippen MR) is 94.1 cm³/mol. The molecule has 0 heterocycles. The van der Waals surface area contributed by atoms with E-state index in [1.165, 1.54) is 0 Å². The van der Waals surface area contributed by atoms with Crippen LogP contribution in [0.4, 0.5) is 5.69 Å². The lowest BCUT2D eigenvalue weighted by molar-refractivity contribution is -0.124. The van der Waals surface area contributed by atoms with Gasteiger partial charge in [-0.05, 0) is 30.7 Å². The van der Waals surface area contributed by atoms with Crippen LogP contribution in [0.25, 0.3) is 0 Å². The van der Waals surface area contributed by atoms with Crippen LogP contribution in [0.1, 0.15) is 28.9 Å². The van der Waals surface area contributed by atoms with Gasteiger partial charge in [-0.15, -0.1) is 0 Å². The van der Waals surface area contributed by atoms with Crippen molar-refractivity contribution in [2.75, 3.05) is 25.6 Å². The van der Waals surface area contributed by atoms with Crippen LogP contribution in [0, 0.1) is 0 Å². The van der Waals surface area contributed by atoms with Crippen LogP contribution in [0.2, 0.25) is 0 Å². The van der Waals surface area contributed by atoms with Gasteiger partial charge in [-0.25, -0.2) is 4.79 Å². The van der Waals surface area contributed by atoms with E-state index in [4.69, 9.17) is 4.74 Å². The predicted octanol–water partition coefficient (Wildman–Crippen LogP) is 2.79. The van der Waals surface area contributed by atoms with Crippen LogP contribution in [0.15, 0.2) is 54.6 Å². The summed E-state index contributed by atoms with van der Waals surface area (Å²) in [5.74, 6) is -0.843. The lowest BCUT2D eigenvalue weighted by atomic mass is 10.1. The fourth-order valence-corrected chi connectivity index (χ4v) is 2.23. The standard InChI is InChI=1S/C19H22N2O3/c1-14(15-8-5-4-6-9-15)20-18(22)13-24-19(23)16-10-7-11-17(12-16)21(2)3/h4-12,14H,13H2,1-3H3,(H,20,22). The van der Waals surface area contributed by atoms with Gasteiger partial charge in [0.1, 0.15) is 0 Å². The van der Waals surface area contributed by atoms with E-state index in [2.05, 4.69) is 5.32 Å².